The van der Waals surface area contributed by atoms with Crippen LogP contribution in [0.1, 0.15) is 52.1 Å². The molecule has 0 saturated heterocycles. The maximum Gasteiger partial charge on any atom is 0.203 e. The first-order valence-corrected chi connectivity index (χ1v) is 6.43. The van der Waals surface area contributed by atoms with Crippen LogP contribution in [0.5, 0.6) is 0 Å². The highest BCUT2D eigenvalue weighted by Gasteiger charge is 2.05. The van der Waals surface area contributed by atoms with E-state index in [4.69, 9.17) is 0 Å². The van der Waals surface area contributed by atoms with E-state index in [1.54, 1.807) is 0 Å². The smallest absolute Gasteiger partial charge is 0.203 e. The first kappa shape index (κ1) is 13.1. The van der Waals surface area contributed by atoms with E-state index in [0.717, 1.165) is 18.2 Å². The molecule has 0 amide bonds. The van der Waals surface area contributed by atoms with Gasteiger partial charge in [0.05, 0.1) is 5.69 Å². The molecule has 1 heterocycles. The van der Waals surface area contributed by atoms with Crippen molar-refractivity contribution in [1.82, 2.24) is 9.55 Å². The summed E-state index contributed by atoms with van der Waals surface area (Å²) in [4.78, 5) is 4.50. The van der Waals surface area contributed by atoms with E-state index >= 15 is 0 Å². The zero-order chi connectivity index (χ0) is 12.0. The minimum Gasteiger partial charge on any atom is -0.353 e. The molecule has 0 spiro atoms. The average molecular weight is 223 g/mol. The molecule has 0 aliphatic heterocycles. The molecule has 0 aliphatic rings. The van der Waals surface area contributed by atoms with Crippen molar-refractivity contribution in [2.45, 2.75) is 66.0 Å². The fourth-order valence-corrected chi connectivity index (χ4v) is 1.80. The van der Waals surface area contributed by atoms with Crippen molar-refractivity contribution in [2.24, 2.45) is 0 Å². The lowest BCUT2D eigenvalue weighted by molar-refractivity contribution is 0.583. The molecule has 0 saturated carbocycles. The first-order valence-electron chi connectivity index (χ1n) is 6.43. The van der Waals surface area contributed by atoms with Crippen LogP contribution in [0, 0.1) is 6.92 Å². The van der Waals surface area contributed by atoms with Crippen LogP contribution in [-0.4, -0.2) is 15.6 Å². The number of aromatic nitrogens is 2. The molecule has 0 atom stereocenters. The van der Waals surface area contributed by atoms with Crippen molar-refractivity contribution in [3.8, 4) is 0 Å². The second-order valence-electron chi connectivity index (χ2n) is 4.76. The minimum absolute atomic E-state index is 0.441. The fourth-order valence-electron chi connectivity index (χ4n) is 1.80. The van der Waals surface area contributed by atoms with E-state index < -0.39 is 0 Å². The number of anilines is 1. The highest BCUT2D eigenvalue weighted by Crippen LogP contribution is 2.12. The summed E-state index contributed by atoms with van der Waals surface area (Å²) in [6.07, 6.45) is 7.32. The van der Waals surface area contributed by atoms with E-state index in [2.05, 4.69) is 41.8 Å². The largest absolute Gasteiger partial charge is 0.353 e. The van der Waals surface area contributed by atoms with Gasteiger partial charge in [-0.1, -0.05) is 26.2 Å². The van der Waals surface area contributed by atoms with Gasteiger partial charge in [-0.3, -0.25) is 0 Å². The van der Waals surface area contributed by atoms with Crippen molar-refractivity contribution in [1.29, 1.82) is 0 Å². The molecule has 0 unspecified atom stereocenters. The summed E-state index contributed by atoms with van der Waals surface area (Å²) in [7, 11) is 0. The fraction of sp³-hybridized carbons (Fsp3) is 0.769. The number of nitrogens with zero attached hydrogens (tertiary/aromatic N) is 2. The molecule has 1 aromatic rings. The molecule has 0 bridgehead atoms. The van der Waals surface area contributed by atoms with Crippen LogP contribution < -0.4 is 5.32 Å². The van der Waals surface area contributed by atoms with Gasteiger partial charge in [0.25, 0.3) is 0 Å². The lowest BCUT2D eigenvalue weighted by Gasteiger charge is -2.11. The summed E-state index contributed by atoms with van der Waals surface area (Å²) in [6.45, 7) is 9.66. The highest BCUT2D eigenvalue weighted by atomic mass is 15.2. The zero-order valence-corrected chi connectivity index (χ0v) is 11.1. The van der Waals surface area contributed by atoms with Crippen LogP contribution >= 0.6 is 0 Å². The summed E-state index contributed by atoms with van der Waals surface area (Å²) in [5.74, 6) is 1.02. The molecular formula is C13H25N3. The molecule has 92 valence electrons. The number of aryl methyl sites for hydroxylation is 2. The van der Waals surface area contributed by atoms with Crippen LogP contribution in [-0.2, 0) is 6.54 Å². The summed E-state index contributed by atoms with van der Waals surface area (Å²) < 4.78 is 2.24. The van der Waals surface area contributed by atoms with E-state index in [1.165, 1.54) is 25.7 Å². The predicted molar refractivity (Wildman–Crippen MR) is 69.9 cm³/mol. The molecule has 3 heteroatoms. The number of imidazole rings is 1. The highest BCUT2D eigenvalue weighted by molar-refractivity contribution is 5.29. The molecular weight excluding hydrogens is 198 g/mol. The van der Waals surface area contributed by atoms with Gasteiger partial charge in [-0.25, -0.2) is 4.98 Å². The van der Waals surface area contributed by atoms with Crippen LogP contribution in [0.4, 0.5) is 5.95 Å². The number of nitrogens with one attached hydrogen (secondary N) is 1. The Balaban J connectivity index is 2.50. The molecule has 1 rings (SSSR count). The third kappa shape index (κ3) is 4.25. The molecule has 0 aromatic carbocycles. The second-order valence-corrected chi connectivity index (χ2v) is 4.76. The van der Waals surface area contributed by atoms with Gasteiger partial charge in [-0.15, -0.1) is 0 Å². The van der Waals surface area contributed by atoms with Crippen molar-refractivity contribution < 1.29 is 0 Å². The number of hydrogen-bond donors (Lipinski definition) is 1. The van der Waals surface area contributed by atoms with Gasteiger partial charge >= 0.3 is 0 Å². The Morgan fingerprint density at radius 2 is 2.06 bits per heavy atom. The van der Waals surface area contributed by atoms with Crippen LogP contribution in [0.3, 0.4) is 0 Å². The monoisotopic (exact) mass is 223 g/mol. The Bertz CT molecular complexity index is 302. The zero-order valence-electron chi connectivity index (χ0n) is 11.1. The van der Waals surface area contributed by atoms with Crippen molar-refractivity contribution in [2.75, 3.05) is 5.32 Å². The number of unbranched alkanes of at least 4 members (excludes halogenated alkanes) is 3. The molecule has 0 fully saturated rings. The van der Waals surface area contributed by atoms with Crippen molar-refractivity contribution in [3.05, 3.63) is 11.9 Å². The maximum atomic E-state index is 4.50. The normalized spacial score (nSPS) is 11.1. The maximum absolute atomic E-state index is 4.50. The lowest BCUT2D eigenvalue weighted by Crippen LogP contribution is -2.14. The minimum atomic E-state index is 0.441. The summed E-state index contributed by atoms with van der Waals surface area (Å²) in [5.41, 5.74) is 1.10. The van der Waals surface area contributed by atoms with Crippen LogP contribution in [0.25, 0.3) is 0 Å². The van der Waals surface area contributed by atoms with E-state index in [9.17, 15) is 0 Å². The Kier molecular flexibility index (Phi) is 5.36. The molecule has 1 aromatic heterocycles. The standard InChI is InChI=1S/C13H25N3/c1-5-6-7-8-9-16-10-12(4)15-13(16)14-11(2)3/h10-11H,5-9H2,1-4H3,(H,14,15). The summed E-state index contributed by atoms with van der Waals surface area (Å²) >= 11 is 0. The van der Waals surface area contributed by atoms with E-state index in [0.29, 0.717) is 6.04 Å². The third-order valence-corrected chi connectivity index (χ3v) is 2.57. The third-order valence-electron chi connectivity index (χ3n) is 2.57. The Hall–Kier alpha value is -0.990. The summed E-state index contributed by atoms with van der Waals surface area (Å²) in [5, 5.41) is 3.39. The van der Waals surface area contributed by atoms with Gasteiger partial charge in [0.2, 0.25) is 5.95 Å². The Morgan fingerprint density at radius 1 is 1.31 bits per heavy atom. The molecule has 0 aliphatic carbocycles. The van der Waals surface area contributed by atoms with Gasteiger partial charge < -0.3 is 9.88 Å². The van der Waals surface area contributed by atoms with Gasteiger partial charge in [-0.2, -0.15) is 0 Å². The van der Waals surface area contributed by atoms with Crippen molar-refractivity contribution in [3.63, 3.8) is 0 Å². The number of rotatable bonds is 7. The van der Waals surface area contributed by atoms with Crippen LogP contribution in [0.2, 0.25) is 0 Å². The molecule has 3 nitrogen and oxygen atoms in total. The predicted octanol–water partition coefficient (Wildman–Crippen LogP) is 3.59. The molecule has 1 N–H and O–H groups in total. The van der Waals surface area contributed by atoms with Gasteiger partial charge in [0.1, 0.15) is 0 Å². The number of hydrogen-bond acceptors (Lipinski definition) is 2. The van der Waals surface area contributed by atoms with E-state index in [-0.39, 0.29) is 0 Å². The molecule has 0 radical (unpaired) electrons. The Morgan fingerprint density at radius 3 is 2.69 bits per heavy atom. The lowest BCUT2D eigenvalue weighted by atomic mass is 10.2. The SMILES string of the molecule is CCCCCCn1cc(C)nc1NC(C)C. The second kappa shape index (κ2) is 6.56. The van der Waals surface area contributed by atoms with Crippen LogP contribution in [0.15, 0.2) is 6.20 Å². The quantitative estimate of drug-likeness (QED) is 0.716. The topological polar surface area (TPSA) is 29.9 Å². The average Bonchev–Trinajstić information content (AvgIpc) is 2.53. The van der Waals surface area contributed by atoms with E-state index in [1.807, 2.05) is 6.92 Å². The van der Waals surface area contributed by atoms with Crippen molar-refractivity contribution >= 4 is 5.95 Å². The first-order chi connectivity index (χ1) is 7.63. The Labute approximate surface area is 99.3 Å². The van der Waals surface area contributed by atoms with Gasteiger partial charge in [0.15, 0.2) is 0 Å². The summed E-state index contributed by atoms with van der Waals surface area (Å²) in [6, 6.07) is 0.441. The molecule has 16 heavy (non-hydrogen) atoms. The van der Waals surface area contributed by atoms with Gasteiger partial charge in [0, 0.05) is 18.8 Å². The van der Waals surface area contributed by atoms with Gasteiger partial charge in [-0.05, 0) is 27.2 Å².